The SMILES string of the molecule is CC.CC(OC(=O)CCCCC(=O)O)(c1ccccc1)c1ccccc1.O=COC1CC2CCC(C1)[N+]21CCCC1. The molecule has 0 aromatic heterocycles. The highest BCUT2D eigenvalue weighted by Crippen LogP contribution is 2.46. The van der Waals surface area contributed by atoms with E-state index in [1.54, 1.807) is 0 Å². The Hall–Kier alpha value is -3.19. The molecule has 1 N–H and O–H groups in total. The molecule has 0 saturated carbocycles. The third-order valence-corrected chi connectivity index (χ3v) is 8.99. The van der Waals surface area contributed by atoms with Crippen molar-refractivity contribution in [2.24, 2.45) is 0 Å². The zero-order chi connectivity index (χ0) is 29.7. The highest BCUT2D eigenvalue weighted by Gasteiger charge is 2.55. The van der Waals surface area contributed by atoms with Gasteiger partial charge in [-0.2, -0.15) is 0 Å². The van der Waals surface area contributed by atoms with E-state index in [9.17, 15) is 14.4 Å². The van der Waals surface area contributed by atoms with Crippen LogP contribution < -0.4 is 0 Å². The van der Waals surface area contributed by atoms with Gasteiger partial charge in [-0.05, 0) is 30.9 Å². The fraction of sp³-hybridized carbons (Fsp3) is 0.559. The molecule has 0 aliphatic carbocycles. The van der Waals surface area contributed by atoms with Crippen LogP contribution in [0.25, 0.3) is 0 Å². The smallest absolute Gasteiger partial charge is 0.307 e. The molecule has 224 valence electrons. The van der Waals surface area contributed by atoms with Crippen molar-refractivity contribution in [2.75, 3.05) is 13.1 Å². The first-order valence-corrected chi connectivity index (χ1v) is 15.4. The van der Waals surface area contributed by atoms with E-state index < -0.39 is 11.6 Å². The fourth-order valence-corrected chi connectivity index (χ4v) is 7.02. The van der Waals surface area contributed by atoms with Gasteiger partial charge in [0.1, 0.15) is 6.10 Å². The van der Waals surface area contributed by atoms with Crippen molar-refractivity contribution in [1.82, 2.24) is 0 Å². The van der Waals surface area contributed by atoms with Crippen LogP contribution in [0.15, 0.2) is 60.7 Å². The van der Waals surface area contributed by atoms with E-state index in [0.29, 0.717) is 19.3 Å². The van der Waals surface area contributed by atoms with Gasteiger partial charge in [-0.25, -0.2) is 0 Å². The first-order valence-electron chi connectivity index (χ1n) is 15.4. The molecule has 0 radical (unpaired) electrons. The van der Waals surface area contributed by atoms with Gasteiger partial charge in [0.05, 0.1) is 25.2 Å². The summed E-state index contributed by atoms with van der Waals surface area (Å²) in [6, 6.07) is 20.8. The lowest BCUT2D eigenvalue weighted by molar-refractivity contribution is -0.956. The maximum atomic E-state index is 12.3. The van der Waals surface area contributed by atoms with Crippen molar-refractivity contribution in [3.8, 4) is 0 Å². The topological polar surface area (TPSA) is 89.9 Å². The standard InChI is InChI=1S/C20H22O4.C12H20NO2.C2H6/c1-20(16-10-4-2-5-11-16,17-12-6-3-7-13-17)24-19(23)15-9-8-14-18(21)22;14-9-15-12-7-10-3-4-11(8-12)13(10)5-1-2-6-13;1-2/h2-7,10-13H,8-9,14-15H2,1H3,(H,21,22);9-12H,1-8H2;1-2H3/q;+1;. The molecule has 41 heavy (non-hydrogen) atoms. The minimum absolute atomic E-state index is 0.0713. The molecule has 2 unspecified atom stereocenters. The molecule has 2 bridgehead atoms. The fourth-order valence-electron chi connectivity index (χ4n) is 7.02. The highest BCUT2D eigenvalue weighted by molar-refractivity contribution is 5.71. The molecule has 5 rings (SSSR count). The van der Waals surface area contributed by atoms with Crippen LogP contribution in [0.5, 0.6) is 0 Å². The molecule has 7 nitrogen and oxygen atoms in total. The van der Waals surface area contributed by atoms with Gasteiger partial charge in [-0.15, -0.1) is 0 Å². The maximum absolute atomic E-state index is 12.3. The Labute approximate surface area is 245 Å². The van der Waals surface area contributed by atoms with E-state index in [1.807, 2.05) is 81.4 Å². The zero-order valence-electron chi connectivity index (χ0n) is 25.0. The van der Waals surface area contributed by atoms with Gasteiger partial charge in [-0.3, -0.25) is 14.4 Å². The molecule has 3 aliphatic rings. The van der Waals surface area contributed by atoms with Crippen LogP contribution >= 0.6 is 0 Å². The van der Waals surface area contributed by atoms with Crippen molar-refractivity contribution in [1.29, 1.82) is 0 Å². The van der Waals surface area contributed by atoms with Crippen molar-refractivity contribution in [3.63, 3.8) is 0 Å². The number of carboxylic acids is 1. The van der Waals surface area contributed by atoms with Crippen LogP contribution in [0.4, 0.5) is 0 Å². The molecule has 3 fully saturated rings. The Morgan fingerprint density at radius 2 is 1.37 bits per heavy atom. The van der Waals surface area contributed by atoms with Gasteiger partial charge in [-0.1, -0.05) is 74.5 Å². The van der Waals surface area contributed by atoms with E-state index in [4.69, 9.17) is 14.6 Å². The summed E-state index contributed by atoms with van der Waals surface area (Å²) in [6.45, 7) is 9.31. The highest BCUT2D eigenvalue weighted by atomic mass is 16.6. The number of esters is 1. The normalized spacial score (nSPS) is 22.0. The van der Waals surface area contributed by atoms with Crippen LogP contribution in [-0.4, -0.2) is 59.3 Å². The number of carbonyl (C=O) groups is 3. The van der Waals surface area contributed by atoms with Gasteiger partial charge in [0.25, 0.3) is 6.47 Å². The number of rotatable bonds is 10. The molecule has 3 saturated heterocycles. The summed E-state index contributed by atoms with van der Waals surface area (Å²) in [6.07, 6.45) is 9.27. The Morgan fingerprint density at radius 3 is 1.83 bits per heavy atom. The molecule has 1 spiro atoms. The first kappa shape index (κ1) is 32.3. The predicted molar refractivity (Wildman–Crippen MR) is 159 cm³/mol. The Kier molecular flexibility index (Phi) is 12.4. The maximum Gasteiger partial charge on any atom is 0.307 e. The summed E-state index contributed by atoms with van der Waals surface area (Å²) >= 11 is 0. The molecule has 2 aromatic rings. The lowest BCUT2D eigenvalue weighted by atomic mass is 9.88. The summed E-state index contributed by atoms with van der Waals surface area (Å²) in [5.74, 6) is -1.17. The molecular formula is C34H48NO6+. The number of ether oxygens (including phenoxy) is 2. The molecule has 2 aromatic carbocycles. The lowest BCUT2D eigenvalue weighted by Gasteiger charge is -2.46. The van der Waals surface area contributed by atoms with Gasteiger partial charge < -0.3 is 19.1 Å². The number of benzene rings is 2. The van der Waals surface area contributed by atoms with Crippen LogP contribution in [0.2, 0.25) is 0 Å². The first-order chi connectivity index (χ1) is 19.9. The third-order valence-electron chi connectivity index (χ3n) is 8.99. The quantitative estimate of drug-likeness (QED) is 0.150. The zero-order valence-corrected chi connectivity index (χ0v) is 25.0. The van der Waals surface area contributed by atoms with Gasteiger partial charge in [0.15, 0.2) is 5.60 Å². The summed E-state index contributed by atoms with van der Waals surface area (Å²) < 4.78 is 12.4. The summed E-state index contributed by atoms with van der Waals surface area (Å²) in [5.41, 5.74) is 0.928. The van der Waals surface area contributed by atoms with Crippen molar-refractivity contribution in [2.45, 2.75) is 109 Å². The molecule has 0 amide bonds. The molecule has 2 atom stereocenters. The van der Waals surface area contributed by atoms with E-state index >= 15 is 0 Å². The van der Waals surface area contributed by atoms with E-state index in [1.165, 1.54) is 43.3 Å². The number of nitrogens with zero attached hydrogens (tertiary/aromatic N) is 1. The van der Waals surface area contributed by atoms with Crippen molar-refractivity contribution >= 4 is 18.4 Å². The van der Waals surface area contributed by atoms with Gasteiger partial charge in [0, 0.05) is 51.4 Å². The third kappa shape index (κ3) is 8.19. The largest absolute Gasteiger partial charge is 0.481 e. The molecule has 7 heteroatoms. The number of hydrogen-bond acceptors (Lipinski definition) is 5. The second-order valence-corrected chi connectivity index (χ2v) is 11.3. The van der Waals surface area contributed by atoms with Gasteiger partial charge in [0.2, 0.25) is 0 Å². The minimum atomic E-state index is -0.869. The van der Waals surface area contributed by atoms with Crippen LogP contribution in [-0.2, 0) is 29.5 Å². The van der Waals surface area contributed by atoms with Crippen LogP contribution in [0.1, 0.15) is 96.1 Å². The second-order valence-electron chi connectivity index (χ2n) is 11.3. The van der Waals surface area contributed by atoms with Gasteiger partial charge >= 0.3 is 11.9 Å². The van der Waals surface area contributed by atoms with Crippen molar-refractivity contribution < 1.29 is 33.4 Å². The average Bonchev–Trinajstić information content (AvgIpc) is 3.54. The van der Waals surface area contributed by atoms with Crippen LogP contribution in [0.3, 0.4) is 0 Å². The van der Waals surface area contributed by atoms with Crippen molar-refractivity contribution in [3.05, 3.63) is 71.8 Å². The van der Waals surface area contributed by atoms with E-state index in [0.717, 1.165) is 36.1 Å². The average molecular weight is 567 g/mol. The minimum Gasteiger partial charge on any atom is -0.481 e. The molecule has 3 aliphatic heterocycles. The van der Waals surface area contributed by atoms with Crippen LogP contribution in [0, 0.1) is 0 Å². The number of quaternary nitrogens is 1. The lowest BCUT2D eigenvalue weighted by Crippen LogP contribution is -2.59. The molecule has 3 heterocycles. The molecular weight excluding hydrogens is 518 g/mol. The Morgan fingerprint density at radius 1 is 0.878 bits per heavy atom. The number of piperidine rings is 1. The van der Waals surface area contributed by atoms with E-state index in [2.05, 4.69) is 0 Å². The van der Waals surface area contributed by atoms with E-state index in [-0.39, 0.29) is 24.9 Å². The number of carboxylic acid groups (broad SMARTS) is 1. The number of aliphatic carboxylic acids is 1. The summed E-state index contributed by atoms with van der Waals surface area (Å²) in [5, 5.41) is 8.65. The second kappa shape index (κ2) is 15.7. The summed E-state index contributed by atoms with van der Waals surface area (Å²) in [4.78, 5) is 33.2. The Balaban J connectivity index is 0.000000231. The number of hydrogen-bond donors (Lipinski definition) is 1. The summed E-state index contributed by atoms with van der Waals surface area (Å²) in [7, 11) is 0. The number of carbonyl (C=O) groups excluding carboxylic acids is 2. The number of unbranched alkanes of at least 4 members (excludes halogenated alkanes) is 1. The Bertz CT molecular complexity index is 1030. The predicted octanol–water partition coefficient (Wildman–Crippen LogP) is 6.63. The monoisotopic (exact) mass is 566 g/mol.